The first-order valence-electron chi connectivity index (χ1n) is 7.37. The number of esters is 1. The molecule has 0 amide bonds. The van der Waals surface area contributed by atoms with Gasteiger partial charge in [0.2, 0.25) is 0 Å². The van der Waals surface area contributed by atoms with Crippen LogP contribution in [0, 0.1) is 0 Å². The number of nitrogens with zero attached hydrogens (tertiary/aromatic N) is 3. The molecule has 0 aromatic carbocycles. The highest BCUT2D eigenvalue weighted by Crippen LogP contribution is 2.30. The molecule has 22 heavy (non-hydrogen) atoms. The monoisotopic (exact) mass is 339 g/mol. The fourth-order valence-electron chi connectivity index (χ4n) is 1.99. The van der Waals surface area contributed by atoms with E-state index in [0.717, 1.165) is 23.1 Å². The van der Waals surface area contributed by atoms with Gasteiger partial charge in [-0.3, -0.25) is 4.79 Å². The molecular formula is C15H21N3O2S2. The Morgan fingerprint density at radius 3 is 2.77 bits per heavy atom. The number of carbonyl (C=O) groups is 1. The molecule has 2 aromatic rings. The molecule has 0 aliphatic carbocycles. The summed E-state index contributed by atoms with van der Waals surface area (Å²) in [7, 11) is 0. The third kappa shape index (κ3) is 3.89. The Morgan fingerprint density at radius 2 is 2.18 bits per heavy atom. The van der Waals surface area contributed by atoms with Crippen LogP contribution in [0.25, 0.3) is 11.4 Å². The Hall–Kier alpha value is -1.34. The minimum Gasteiger partial charge on any atom is -0.465 e. The first-order chi connectivity index (χ1) is 10.6. The lowest BCUT2D eigenvalue weighted by atomic mass is 10.1. The smallest absolute Gasteiger partial charge is 0.316 e. The lowest BCUT2D eigenvalue weighted by Gasteiger charge is -2.06. The van der Waals surface area contributed by atoms with E-state index in [0.29, 0.717) is 12.5 Å². The average molecular weight is 339 g/mol. The van der Waals surface area contributed by atoms with Crippen LogP contribution in [-0.2, 0) is 16.1 Å². The van der Waals surface area contributed by atoms with Crippen molar-refractivity contribution in [2.24, 2.45) is 0 Å². The largest absolute Gasteiger partial charge is 0.465 e. The normalized spacial score (nSPS) is 11.1. The predicted octanol–water partition coefficient (Wildman–Crippen LogP) is 3.81. The molecule has 0 atom stereocenters. The topological polar surface area (TPSA) is 57.0 Å². The van der Waals surface area contributed by atoms with Crippen LogP contribution < -0.4 is 0 Å². The summed E-state index contributed by atoms with van der Waals surface area (Å²) in [6, 6.07) is 2.17. The number of hydrogen-bond donors (Lipinski definition) is 0. The zero-order valence-corrected chi connectivity index (χ0v) is 15.0. The highest BCUT2D eigenvalue weighted by atomic mass is 32.2. The molecule has 0 N–H and O–H groups in total. The zero-order chi connectivity index (χ0) is 16.1. The molecule has 2 rings (SSSR count). The van der Waals surface area contributed by atoms with E-state index in [9.17, 15) is 4.79 Å². The van der Waals surface area contributed by atoms with Crippen molar-refractivity contribution in [3.63, 3.8) is 0 Å². The second-order valence-corrected chi connectivity index (χ2v) is 6.92. The van der Waals surface area contributed by atoms with Crippen LogP contribution in [0.3, 0.4) is 0 Å². The van der Waals surface area contributed by atoms with Crippen molar-refractivity contribution in [2.45, 2.75) is 45.3 Å². The first-order valence-corrected chi connectivity index (χ1v) is 9.23. The summed E-state index contributed by atoms with van der Waals surface area (Å²) in [5.41, 5.74) is 1.09. The van der Waals surface area contributed by atoms with Crippen molar-refractivity contribution in [1.29, 1.82) is 0 Å². The maximum Gasteiger partial charge on any atom is 0.316 e. The zero-order valence-electron chi connectivity index (χ0n) is 13.3. The van der Waals surface area contributed by atoms with E-state index >= 15 is 0 Å². The second kappa shape index (κ2) is 7.78. The Kier molecular flexibility index (Phi) is 6.02. The van der Waals surface area contributed by atoms with Gasteiger partial charge < -0.3 is 9.30 Å². The minimum absolute atomic E-state index is 0.225. The molecule has 0 unspecified atom stereocenters. The third-order valence-corrected chi connectivity index (χ3v) is 5.28. The van der Waals surface area contributed by atoms with E-state index in [2.05, 4.69) is 42.4 Å². The van der Waals surface area contributed by atoms with Crippen LogP contribution in [0.1, 0.15) is 38.5 Å². The summed E-state index contributed by atoms with van der Waals surface area (Å²) < 4.78 is 6.98. The Morgan fingerprint density at radius 1 is 1.41 bits per heavy atom. The molecule has 5 nitrogen and oxygen atoms in total. The number of hydrogen-bond acceptors (Lipinski definition) is 6. The average Bonchev–Trinajstić information content (AvgIpc) is 3.11. The summed E-state index contributed by atoms with van der Waals surface area (Å²) in [5, 5.41) is 11.4. The van der Waals surface area contributed by atoms with Crippen molar-refractivity contribution in [2.75, 3.05) is 12.4 Å². The number of thiophene rings is 1. The van der Waals surface area contributed by atoms with Crippen LogP contribution in [0.5, 0.6) is 0 Å². The van der Waals surface area contributed by atoms with E-state index < -0.39 is 0 Å². The maximum atomic E-state index is 11.5. The van der Waals surface area contributed by atoms with Gasteiger partial charge in [0, 0.05) is 22.4 Å². The van der Waals surface area contributed by atoms with Gasteiger partial charge in [-0.05, 0) is 25.8 Å². The summed E-state index contributed by atoms with van der Waals surface area (Å²) in [6.45, 7) is 9.38. The van der Waals surface area contributed by atoms with E-state index in [1.54, 1.807) is 18.3 Å². The van der Waals surface area contributed by atoms with Crippen LogP contribution in [0.4, 0.5) is 0 Å². The number of carbonyl (C=O) groups excluding carboxylic acids is 1. The number of rotatable bonds is 7. The fourth-order valence-corrected chi connectivity index (χ4v) is 3.70. The Bertz CT molecular complexity index is 635. The summed E-state index contributed by atoms with van der Waals surface area (Å²) in [5.74, 6) is 1.40. The van der Waals surface area contributed by atoms with Crippen molar-refractivity contribution >= 4 is 29.1 Å². The highest BCUT2D eigenvalue weighted by molar-refractivity contribution is 7.99. The van der Waals surface area contributed by atoms with E-state index in [1.165, 1.54) is 16.6 Å². The number of thioether (sulfide) groups is 1. The van der Waals surface area contributed by atoms with Crippen molar-refractivity contribution in [3.8, 4) is 11.4 Å². The van der Waals surface area contributed by atoms with Gasteiger partial charge in [-0.1, -0.05) is 25.6 Å². The summed E-state index contributed by atoms with van der Waals surface area (Å²) >= 11 is 3.11. The Labute approximate surface area is 139 Å². The lowest BCUT2D eigenvalue weighted by Crippen LogP contribution is -2.08. The van der Waals surface area contributed by atoms with Crippen LogP contribution in [0.15, 0.2) is 16.6 Å². The molecule has 0 fully saturated rings. The Balaban J connectivity index is 2.17. The second-order valence-electron chi connectivity index (χ2n) is 5.04. The first kappa shape index (κ1) is 17.0. The SMILES string of the molecule is CCOC(=O)CSc1nnc(-c2csc(C(C)C)c2)n1CC. The lowest BCUT2D eigenvalue weighted by molar-refractivity contribution is -0.139. The van der Waals surface area contributed by atoms with Crippen molar-refractivity contribution in [1.82, 2.24) is 14.8 Å². The van der Waals surface area contributed by atoms with Crippen LogP contribution >= 0.6 is 23.1 Å². The van der Waals surface area contributed by atoms with E-state index in [4.69, 9.17) is 4.74 Å². The van der Waals surface area contributed by atoms with Crippen LogP contribution in [0.2, 0.25) is 0 Å². The molecule has 0 saturated heterocycles. The molecule has 0 aliphatic heterocycles. The minimum atomic E-state index is -0.225. The standard InChI is InChI=1S/C15H21N3O2S2/c1-5-18-14(11-7-12(10(3)4)21-8-11)16-17-15(18)22-9-13(19)20-6-2/h7-8,10H,5-6,9H2,1-4H3. The van der Waals surface area contributed by atoms with E-state index in [-0.39, 0.29) is 11.7 Å². The predicted molar refractivity (Wildman–Crippen MR) is 90.5 cm³/mol. The molecule has 0 aliphatic rings. The van der Waals surface area contributed by atoms with Gasteiger partial charge in [0.1, 0.15) is 0 Å². The van der Waals surface area contributed by atoms with Gasteiger partial charge in [0.15, 0.2) is 11.0 Å². The molecule has 0 radical (unpaired) electrons. The van der Waals surface area contributed by atoms with Gasteiger partial charge in [-0.25, -0.2) is 0 Å². The van der Waals surface area contributed by atoms with Gasteiger partial charge in [0.05, 0.1) is 12.4 Å². The maximum absolute atomic E-state index is 11.5. The van der Waals surface area contributed by atoms with Gasteiger partial charge in [-0.15, -0.1) is 21.5 Å². The summed E-state index contributed by atoms with van der Waals surface area (Å²) in [4.78, 5) is 12.8. The van der Waals surface area contributed by atoms with Crippen molar-refractivity contribution < 1.29 is 9.53 Å². The summed E-state index contributed by atoms with van der Waals surface area (Å²) in [6.07, 6.45) is 0. The molecule has 0 bridgehead atoms. The van der Waals surface area contributed by atoms with Gasteiger partial charge >= 0.3 is 5.97 Å². The van der Waals surface area contributed by atoms with Gasteiger partial charge in [0.25, 0.3) is 0 Å². The highest BCUT2D eigenvalue weighted by Gasteiger charge is 2.16. The van der Waals surface area contributed by atoms with E-state index in [1.807, 2.05) is 4.57 Å². The molecule has 2 aromatic heterocycles. The van der Waals surface area contributed by atoms with Crippen molar-refractivity contribution in [3.05, 3.63) is 16.3 Å². The molecule has 7 heteroatoms. The molecule has 0 spiro atoms. The molecular weight excluding hydrogens is 318 g/mol. The van der Waals surface area contributed by atoms with Gasteiger partial charge in [-0.2, -0.15) is 0 Å². The van der Waals surface area contributed by atoms with Crippen LogP contribution in [-0.4, -0.2) is 33.1 Å². The molecule has 2 heterocycles. The molecule has 120 valence electrons. The quantitative estimate of drug-likeness (QED) is 0.567. The fraction of sp³-hybridized carbons (Fsp3) is 0.533. The number of aromatic nitrogens is 3. The number of ether oxygens (including phenoxy) is 1. The molecule has 0 saturated carbocycles. The third-order valence-electron chi connectivity index (χ3n) is 3.10.